The highest BCUT2D eigenvalue weighted by Gasteiger charge is 2.17. The first-order valence-corrected chi connectivity index (χ1v) is 7.01. The van der Waals surface area contributed by atoms with Crippen LogP contribution in [0.25, 0.3) is 0 Å². The fourth-order valence-electron chi connectivity index (χ4n) is 1.62. The smallest absolute Gasteiger partial charge is 0.0959 e. The van der Waals surface area contributed by atoms with Crippen LogP contribution in [-0.4, -0.2) is 16.5 Å². The maximum Gasteiger partial charge on any atom is 0.0959 e. The predicted molar refractivity (Wildman–Crippen MR) is 75.1 cm³/mol. The molecule has 1 nitrogen and oxygen atoms in total. The number of hydrogen-bond donors (Lipinski definition) is 1. The van der Waals surface area contributed by atoms with E-state index in [4.69, 9.17) is 6.42 Å². The van der Waals surface area contributed by atoms with Gasteiger partial charge in [0.1, 0.15) is 0 Å². The zero-order valence-corrected chi connectivity index (χ0v) is 11.1. The van der Waals surface area contributed by atoms with Crippen molar-refractivity contribution in [1.82, 2.24) is 0 Å². The average molecular weight is 248 g/mol. The fourth-order valence-corrected chi connectivity index (χ4v) is 2.59. The number of aliphatic hydroxyl groups excluding tert-OH is 1. The maximum atomic E-state index is 10.0. The van der Waals surface area contributed by atoms with Crippen LogP contribution in [0.1, 0.15) is 32.6 Å². The van der Waals surface area contributed by atoms with Gasteiger partial charge in [0.25, 0.3) is 0 Å². The predicted octanol–water partition coefficient (Wildman–Crippen LogP) is 3.72. The number of aliphatic hydroxyl groups is 1. The molecule has 0 saturated heterocycles. The molecule has 0 amide bonds. The standard InChI is InChI=1S/C15H20OS/c1-3-5-7-12-14(16)15(4-2)17-13-10-8-6-9-11-13/h2,6,8-11,14-16H,3,5,7,12H2,1H3/t14-,15+/m1/s1. The molecule has 0 aliphatic carbocycles. The first-order valence-electron chi connectivity index (χ1n) is 6.13. The third-order valence-electron chi connectivity index (χ3n) is 2.62. The SMILES string of the molecule is C#C[C@H](Sc1ccccc1)[C@H](O)CCCCC. The molecule has 92 valence electrons. The molecule has 2 heteroatoms. The Bertz CT molecular complexity index is 342. The minimum absolute atomic E-state index is 0.144. The van der Waals surface area contributed by atoms with E-state index in [1.54, 1.807) is 11.8 Å². The number of terminal acetylenes is 1. The van der Waals surface area contributed by atoms with Crippen LogP contribution >= 0.6 is 11.8 Å². The van der Waals surface area contributed by atoms with Gasteiger partial charge in [0.15, 0.2) is 0 Å². The van der Waals surface area contributed by atoms with Crippen molar-refractivity contribution in [1.29, 1.82) is 0 Å². The molecule has 0 bridgehead atoms. The van der Waals surface area contributed by atoms with Gasteiger partial charge in [-0.3, -0.25) is 0 Å². The average Bonchev–Trinajstić information content (AvgIpc) is 2.37. The van der Waals surface area contributed by atoms with Gasteiger partial charge in [-0.05, 0) is 18.6 Å². The molecule has 1 N–H and O–H groups in total. The Morgan fingerprint density at radius 2 is 2.00 bits per heavy atom. The van der Waals surface area contributed by atoms with Crippen molar-refractivity contribution >= 4 is 11.8 Å². The zero-order valence-electron chi connectivity index (χ0n) is 10.3. The second-order valence-corrected chi connectivity index (χ2v) is 5.30. The van der Waals surface area contributed by atoms with Gasteiger partial charge in [-0.25, -0.2) is 0 Å². The molecule has 0 unspecified atom stereocenters. The topological polar surface area (TPSA) is 20.2 Å². The Kier molecular flexibility index (Phi) is 6.84. The first kappa shape index (κ1) is 14.2. The van der Waals surface area contributed by atoms with Crippen molar-refractivity contribution in [2.24, 2.45) is 0 Å². The lowest BCUT2D eigenvalue weighted by molar-refractivity contribution is 0.171. The van der Waals surface area contributed by atoms with Crippen molar-refractivity contribution in [3.63, 3.8) is 0 Å². The summed E-state index contributed by atoms with van der Waals surface area (Å²) in [5.74, 6) is 2.69. The molecule has 0 spiro atoms. The Hall–Kier alpha value is -0.910. The molecule has 17 heavy (non-hydrogen) atoms. The third-order valence-corrected chi connectivity index (χ3v) is 3.87. The molecular weight excluding hydrogens is 228 g/mol. The Morgan fingerprint density at radius 3 is 2.59 bits per heavy atom. The minimum Gasteiger partial charge on any atom is -0.391 e. The van der Waals surface area contributed by atoms with Crippen LogP contribution < -0.4 is 0 Å². The zero-order chi connectivity index (χ0) is 12.5. The van der Waals surface area contributed by atoms with Gasteiger partial charge in [0, 0.05) is 4.90 Å². The van der Waals surface area contributed by atoms with Crippen LogP contribution in [0, 0.1) is 12.3 Å². The van der Waals surface area contributed by atoms with Gasteiger partial charge in [-0.2, -0.15) is 0 Å². The molecule has 0 aromatic heterocycles. The number of hydrogen-bond acceptors (Lipinski definition) is 2. The molecule has 1 aromatic rings. The Labute approximate surface area is 109 Å². The summed E-state index contributed by atoms with van der Waals surface area (Å²) >= 11 is 1.57. The third kappa shape index (κ3) is 5.30. The normalized spacial score (nSPS) is 13.9. The molecule has 0 heterocycles. The summed E-state index contributed by atoms with van der Waals surface area (Å²) in [6.45, 7) is 2.16. The molecule has 0 fully saturated rings. The van der Waals surface area contributed by atoms with E-state index in [2.05, 4.69) is 12.8 Å². The summed E-state index contributed by atoms with van der Waals surface area (Å²) in [7, 11) is 0. The summed E-state index contributed by atoms with van der Waals surface area (Å²) in [5.41, 5.74) is 0. The van der Waals surface area contributed by atoms with Crippen molar-refractivity contribution in [2.45, 2.75) is 48.9 Å². The summed E-state index contributed by atoms with van der Waals surface area (Å²) in [6, 6.07) is 9.99. The van der Waals surface area contributed by atoms with E-state index in [1.807, 2.05) is 30.3 Å². The fraction of sp³-hybridized carbons (Fsp3) is 0.467. The van der Waals surface area contributed by atoms with Gasteiger partial charge in [0.05, 0.1) is 11.4 Å². The van der Waals surface area contributed by atoms with Crippen LogP contribution in [0.15, 0.2) is 35.2 Å². The Morgan fingerprint density at radius 1 is 1.29 bits per heavy atom. The minimum atomic E-state index is -0.406. The highest BCUT2D eigenvalue weighted by atomic mass is 32.2. The number of unbranched alkanes of at least 4 members (excludes halogenated alkanes) is 2. The lowest BCUT2D eigenvalue weighted by Crippen LogP contribution is -2.21. The van der Waals surface area contributed by atoms with Crippen LogP contribution in [0.2, 0.25) is 0 Å². The largest absolute Gasteiger partial charge is 0.391 e. The molecule has 1 aromatic carbocycles. The summed E-state index contributed by atoms with van der Waals surface area (Å²) in [5, 5.41) is 9.89. The second-order valence-electron chi connectivity index (χ2n) is 4.08. The van der Waals surface area contributed by atoms with Crippen LogP contribution in [0.3, 0.4) is 0 Å². The van der Waals surface area contributed by atoms with Crippen LogP contribution in [0.5, 0.6) is 0 Å². The summed E-state index contributed by atoms with van der Waals surface area (Å²) < 4.78 is 0. The van der Waals surface area contributed by atoms with Crippen molar-refractivity contribution in [2.75, 3.05) is 0 Å². The molecule has 0 aliphatic heterocycles. The molecular formula is C15H20OS. The Balaban J connectivity index is 2.45. The van der Waals surface area contributed by atoms with Gasteiger partial charge in [-0.15, -0.1) is 18.2 Å². The maximum absolute atomic E-state index is 10.0. The quantitative estimate of drug-likeness (QED) is 0.451. The van der Waals surface area contributed by atoms with Crippen LogP contribution in [0.4, 0.5) is 0 Å². The first-order chi connectivity index (χ1) is 8.27. The highest BCUT2D eigenvalue weighted by molar-refractivity contribution is 8.00. The number of rotatable bonds is 7. The van der Waals surface area contributed by atoms with E-state index in [0.29, 0.717) is 0 Å². The highest BCUT2D eigenvalue weighted by Crippen LogP contribution is 2.26. The van der Waals surface area contributed by atoms with Gasteiger partial charge in [-0.1, -0.05) is 50.3 Å². The molecule has 0 saturated carbocycles. The summed E-state index contributed by atoms with van der Waals surface area (Å²) in [6.07, 6.45) is 9.25. The van der Waals surface area contributed by atoms with E-state index >= 15 is 0 Å². The van der Waals surface area contributed by atoms with Crippen LogP contribution in [-0.2, 0) is 0 Å². The molecule has 0 radical (unpaired) electrons. The second kappa shape index (κ2) is 8.22. The van der Waals surface area contributed by atoms with E-state index in [-0.39, 0.29) is 5.25 Å². The molecule has 0 aliphatic rings. The molecule has 1 rings (SSSR count). The van der Waals surface area contributed by atoms with E-state index in [1.165, 1.54) is 6.42 Å². The van der Waals surface area contributed by atoms with E-state index in [0.717, 1.165) is 24.2 Å². The number of benzene rings is 1. The van der Waals surface area contributed by atoms with Gasteiger partial charge in [0.2, 0.25) is 0 Å². The van der Waals surface area contributed by atoms with Crippen molar-refractivity contribution in [3.8, 4) is 12.3 Å². The molecule has 2 atom stereocenters. The summed E-state index contributed by atoms with van der Waals surface area (Å²) in [4.78, 5) is 1.12. The number of thioether (sulfide) groups is 1. The monoisotopic (exact) mass is 248 g/mol. The van der Waals surface area contributed by atoms with Gasteiger partial charge >= 0.3 is 0 Å². The van der Waals surface area contributed by atoms with E-state index < -0.39 is 6.10 Å². The van der Waals surface area contributed by atoms with Crippen molar-refractivity contribution in [3.05, 3.63) is 30.3 Å². The van der Waals surface area contributed by atoms with Gasteiger partial charge < -0.3 is 5.11 Å². The lowest BCUT2D eigenvalue weighted by Gasteiger charge is -2.17. The van der Waals surface area contributed by atoms with E-state index in [9.17, 15) is 5.11 Å². The lowest BCUT2D eigenvalue weighted by atomic mass is 10.1. The van der Waals surface area contributed by atoms with Crippen molar-refractivity contribution < 1.29 is 5.11 Å².